The highest BCUT2D eigenvalue weighted by atomic mass is 15.0. The number of rotatable bonds is 1. The van der Waals surface area contributed by atoms with Crippen LogP contribution in [0.3, 0.4) is 0 Å². The van der Waals surface area contributed by atoms with Crippen molar-refractivity contribution in [2.75, 3.05) is 0 Å². The molecule has 3 heterocycles. The van der Waals surface area contributed by atoms with Gasteiger partial charge in [-0.1, -0.05) is 66.7 Å². The first-order valence-corrected chi connectivity index (χ1v) is 11.3. The predicted octanol–water partition coefficient (Wildman–Crippen LogP) is 8.05. The smallest absolute Gasteiger partial charge is 0.0641 e. The van der Waals surface area contributed by atoms with Crippen molar-refractivity contribution in [2.45, 2.75) is 0 Å². The minimum Gasteiger partial charge on any atom is -0.354 e. The highest BCUT2D eigenvalue weighted by Crippen LogP contribution is 2.43. The average Bonchev–Trinajstić information content (AvgIpc) is 3.53. The SMILES string of the molecule is c1ccc(-n2c3c(ccc4[nH]c5ccccc5c43)c3ccc4[nH]c5ccccc5c4c32)cc1. The summed E-state index contributed by atoms with van der Waals surface area (Å²) in [5.41, 5.74) is 8.35. The number of H-pyrrole nitrogens is 2. The molecule has 0 spiro atoms. The maximum Gasteiger partial charge on any atom is 0.0641 e. The number of fused-ring (bicyclic) bond motifs is 11. The molecule has 154 valence electrons. The maximum atomic E-state index is 3.64. The van der Waals surface area contributed by atoms with Crippen LogP contribution in [-0.2, 0) is 0 Å². The highest BCUT2D eigenvalue weighted by molar-refractivity contribution is 6.30. The first-order chi connectivity index (χ1) is 16.4. The van der Waals surface area contributed by atoms with E-state index in [2.05, 4.69) is 118 Å². The van der Waals surface area contributed by atoms with E-state index in [1.165, 1.54) is 71.1 Å². The van der Waals surface area contributed by atoms with E-state index < -0.39 is 0 Å². The summed E-state index contributed by atoms with van der Waals surface area (Å²) in [4.78, 5) is 7.27. The molecule has 8 aromatic rings. The summed E-state index contributed by atoms with van der Waals surface area (Å²) in [6.45, 7) is 0. The minimum atomic E-state index is 1.17. The van der Waals surface area contributed by atoms with Crippen LogP contribution in [0.15, 0.2) is 103 Å². The van der Waals surface area contributed by atoms with E-state index in [1.807, 2.05) is 0 Å². The monoisotopic (exact) mass is 421 g/mol. The van der Waals surface area contributed by atoms with Gasteiger partial charge in [0.2, 0.25) is 0 Å². The Bertz CT molecular complexity index is 1890. The number of para-hydroxylation sites is 3. The van der Waals surface area contributed by atoms with Gasteiger partial charge in [0.1, 0.15) is 0 Å². The lowest BCUT2D eigenvalue weighted by Crippen LogP contribution is -1.94. The molecule has 0 atom stereocenters. The van der Waals surface area contributed by atoms with Crippen molar-refractivity contribution in [3.8, 4) is 5.69 Å². The molecule has 0 aliphatic heterocycles. The quantitative estimate of drug-likeness (QED) is 0.269. The van der Waals surface area contributed by atoms with Crippen molar-refractivity contribution in [3.63, 3.8) is 0 Å². The van der Waals surface area contributed by atoms with Gasteiger partial charge in [-0.2, -0.15) is 0 Å². The minimum absolute atomic E-state index is 1.17. The average molecular weight is 422 g/mol. The zero-order chi connectivity index (χ0) is 21.5. The number of nitrogens with one attached hydrogen (secondary N) is 2. The molecule has 33 heavy (non-hydrogen) atoms. The molecular formula is C30H19N3. The molecule has 0 unspecified atom stereocenters. The molecule has 0 saturated heterocycles. The first-order valence-electron chi connectivity index (χ1n) is 11.3. The zero-order valence-corrected chi connectivity index (χ0v) is 17.8. The third-order valence-electron chi connectivity index (χ3n) is 7.04. The highest BCUT2D eigenvalue weighted by Gasteiger charge is 2.20. The Kier molecular flexibility index (Phi) is 3.14. The number of aromatic nitrogens is 3. The zero-order valence-electron chi connectivity index (χ0n) is 17.8. The number of hydrogen-bond donors (Lipinski definition) is 2. The second-order valence-corrected chi connectivity index (χ2v) is 8.78. The fraction of sp³-hybridized carbons (Fsp3) is 0. The second kappa shape index (κ2) is 6.05. The van der Waals surface area contributed by atoms with Gasteiger partial charge < -0.3 is 14.5 Å². The van der Waals surface area contributed by atoms with E-state index >= 15 is 0 Å². The summed E-state index contributed by atoms with van der Waals surface area (Å²) in [7, 11) is 0. The third-order valence-corrected chi connectivity index (χ3v) is 7.04. The van der Waals surface area contributed by atoms with Gasteiger partial charge in [0.15, 0.2) is 0 Å². The van der Waals surface area contributed by atoms with Gasteiger partial charge >= 0.3 is 0 Å². The molecule has 2 N–H and O–H groups in total. The maximum absolute atomic E-state index is 3.64. The summed E-state index contributed by atoms with van der Waals surface area (Å²) in [5, 5.41) is 7.62. The van der Waals surface area contributed by atoms with Gasteiger partial charge in [0.25, 0.3) is 0 Å². The molecule has 0 aliphatic rings. The summed E-state index contributed by atoms with van der Waals surface area (Å²) < 4.78 is 2.47. The summed E-state index contributed by atoms with van der Waals surface area (Å²) in [5.74, 6) is 0. The number of nitrogens with zero attached hydrogens (tertiary/aromatic N) is 1. The van der Waals surface area contributed by atoms with E-state index in [0.717, 1.165) is 0 Å². The van der Waals surface area contributed by atoms with E-state index in [0.29, 0.717) is 0 Å². The van der Waals surface area contributed by atoms with Crippen LogP contribution < -0.4 is 0 Å². The Morgan fingerprint density at radius 2 is 0.879 bits per heavy atom. The summed E-state index contributed by atoms with van der Waals surface area (Å²) in [6, 6.07) is 37.0. The first kappa shape index (κ1) is 17.1. The van der Waals surface area contributed by atoms with Gasteiger partial charge in [-0.15, -0.1) is 0 Å². The van der Waals surface area contributed by atoms with Crippen molar-refractivity contribution in [3.05, 3.63) is 103 Å². The Labute approximate surface area is 188 Å². The molecule has 0 bridgehead atoms. The third kappa shape index (κ3) is 2.14. The standard InChI is InChI=1S/C30H19N3/c1-2-8-18(9-3-1)33-29-19(14-16-25-27(29)21-10-4-6-12-23(21)31-25)20-15-17-26-28(30(20)33)22-11-5-7-13-24(22)32-26/h1-17,31-32H. The lowest BCUT2D eigenvalue weighted by atomic mass is 10.1. The van der Waals surface area contributed by atoms with E-state index in [-0.39, 0.29) is 0 Å². The molecule has 3 aromatic heterocycles. The molecule has 8 rings (SSSR count). The van der Waals surface area contributed by atoms with Crippen molar-refractivity contribution in [1.29, 1.82) is 0 Å². The summed E-state index contributed by atoms with van der Waals surface area (Å²) >= 11 is 0. The summed E-state index contributed by atoms with van der Waals surface area (Å²) in [6.07, 6.45) is 0. The second-order valence-electron chi connectivity index (χ2n) is 8.78. The van der Waals surface area contributed by atoms with Crippen LogP contribution in [0.25, 0.3) is 71.1 Å². The van der Waals surface area contributed by atoms with E-state index in [1.54, 1.807) is 0 Å². The molecule has 0 radical (unpaired) electrons. The molecule has 5 aromatic carbocycles. The van der Waals surface area contributed by atoms with Crippen LogP contribution in [0.4, 0.5) is 0 Å². The fourth-order valence-corrected chi connectivity index (χ4v) is 5.69. The largest absolute Gasteiger partial charge is 0.354 e. The number of hydrogen-bond acceptors (Lipinski definition) is 0. The van der Waals surface area contributed by atoms with Crippen molar-refractivity contribution >= 4 is 65.4 Å². The van der Waals surface area contributed by atoms with E-state index in [9.17, 15) is 0 Å². The van der Waals surface area contributed by atoms with Gasteiger partial charge in [0.05, 0.1) is 11.0 Å². The normalized spacial score (nSPS) is 12.2. The van der Waals surface area contributed by atoms with Crippen molar-refractivity contribution in [1.82, 2.24) is 14.5 Å². The molecule has 3 heteroatoms. The molecule has 0 amide bonds. The number of benzene rings is 5. The van der Waals surface area contributed by atoms with Crippen LogP contribution in [-0.4, -0.2) is 14.5 Å². The predicted molar refractivity (Wildman–Crippen MR) is 140 cm³/mol. The van der Waals surface area contributed by atoms with Crippen LogP contribution >= 0.6 is 0 Å². The Hall–Kier alpha value is -4.50. The van der Waals surface area contributed by atoms with Gasteiger partial charge in [-0.3, -0.25) is 0 Å². The molecule has 0 saturated carbocycles. The molecule has 3 nitrogen and oxygen atoms in total. The van der Waals surface area contributed by atoms with E-state index in [4.69, 9.17) is 0 Å². The van der Waals surface area contributed by atoms with Crippen LogP contribution in [0, 0.1) is 0 Å². The topological polar surface area (TPSA) is 36.5 Å². The van der Waals surface area contributed by atoms with Gasteiger partial charge in [-0.25, -0.2) is 0 Å². The van der Waals surface area contributed by atoms with Crippen molar-refractivity contribution in [2.24, 2.45) is 0 Å². The Morgan fingerprint density at radius 1 is 0.394 bits per heavy atom. The molecular weight excluding hydrogens is 402 g/mol. The molecule has 0 fully saturated rings. The lowest BCUT2D eigenvalue weighted by molar-refractivity contribution is 1.19. The van der Waals surface area contributed by atoms with Crippen LogP contribution in [0.1, 0.15) is 0 Å². The van der Waals surface area contributed by atoms with Crippen LogP contribution in [0.2, 0.25) is 0 Å². The van der Waals surface area contributed by atoms with Gasteiger partial charge in [0, 0.05) is 60.1 Å². The number of aromatic amines is 2. The van der Waals surface area contributed by atoms with Crippen LogP contribution in [0.5, 0.6) is 0 Å². The Balaban J connectivity index is 1.74. The Morgan fingerprint density at radius 3 is 1.42 bits per heavy atom. The van der Waals surface area contributed by atoms with Gasteiger partial charge in [-0.05, 0) is 36.4 Å². The molecule has 0 aliphatic carbocycles. The van der Waals surface area contributed by atoms with Crippen molar-refractivity contribution < 1.29 is 0 Å². The fourth-order valence-electron chi connectivity index (χ4n) is 5.69. The lowest BCUT2D eigenvalue weighted by Gasteiger charge is -2.10.